The minimum absolute atomic E-state index is 0.214. The number of fused-ring (bicyclic) bond motifs is 5. The molecule has 2 atom stereocenters. The summed E-state index contributed by atoms with van der Waals surface area (Å²) in [4.78, 5) is 27.9. The first-order chi connectivity index (χ1) is 15.7. The summed E-state index contributed by atoms with van der Waals surface area (Å²) in [6.07, 6.45) is 0.568. The molecule has 2 amide bonds. The van der Waals surface area contributed by atoms with Gasteiger partial charge in [0.1, 0.15) is 11.8 Å². The van der Waals surface area contributed by atoms with Crippen molar-refractivity contribution in [2.45, 2.75) is 32.4 Å². The zero-order valence-electron chi connectivity index (χ0n) is 17.8. The predicted octanol–water partition coefficient (Wildman–Crippen LogP) is 4.78. The third kappa shape index (κ3) is 3.16. The monoisotopic (exact) mass is 527 g/mol. The minimum Gasteiger partial charge on any atom is -0.493 e. The van der Waals surface area contributed by atoms with Gasteiger partial charge in [-0.2, -0.15) is 5.26 Å². The van der Waals surface area contributed by atoms with Crippen LogP contribution in [0.15, 0.2) is 39.6 Å². The van der Waals surface area contributed by atoms with E-state index in [1.807, 2.05) is 31.2 Å². The van der Waals surface area contributed by atoms with Crippen molar-refractivity contribution in [3.8, 4) is 17.6 Å². The second-order valence-corrected chi connectivity index (χ2v) is 9.56. The van der Waals surface area contributed by atoms with Gasteiger partial charge in [-0.1, -0.05) is 27.5 Å². The van der Waals surface area contributed by atoms with Gasteiger partial charge < -0.3 is 15.3 Å². The van der Waals surface area contributed by atoms with Gasteiger partial charge in [0.25, 0.3) is 0 Å². The number of aryl methyl sites for hydroxylation is 1. The molecule has 2 aromatic carbocycles. The number of nitrogens with one attached hydrogen (secondary N) is 1. The fourth-order valence-corrected chi connectivity index (χ4v) is 5.26. The summed E-state index contributed by atoms with van der Waals surface area (Å²) in [6, 6.07) is 9.75. The molecule has 8 nitrogen and oxygen atoms in total. The van der Waals surface area contributed by atoms with Crippen LogP contribution < -0.4 is 11.0 Å². The van der Waals surface area contributed by atoms with Crippen LogP contribution >= 0.6 is 27.5 Å². The van der Waals surface area contributed by atoms with Crippen LogP contribution in [-0.2, 0) is 0 Å². The van der Waals surface area contributed by atoms with Crippen LogP contribution in [0.25, 0.3) is 5.69 Å². The lowest BCUT2D eigenvalue weighted by Gasteiger charge is -2.27. The summed E-state index contributed by atoms with van der Waals surface area (Å²) in [6.45, 7) is 4.01. The van der Waals surface area contributed by atoms with E-state index in [9.17, 15) is 20.0 Å². The Kier molecular flexibility index (Phi) is 5.03. The lowest BCUT2D eigenvalue weighted by Crippen LogP contribution is -2.40. The number of amides is 2. The number of halogens is 2. The number of nitrogens with zero attached hydrogens (tertiary/aromatic N) is 4. The van der Waals surface area contributed by atoms with Gasteiger partial charge in [0.05, 0.1) is 28.4 Å². The summed E-state index contributed by atoms with van der Waals surface area (Å²) in [5.41, 5.74) is 2.92. The van der Waals surface area contributed by atoms with Crippen molar-refractivity contribution in [3.05, 3.63) is 72.7 Å². The molecule has 10 heteroatoms. The number of nitriles is 1. The first-order valence-corrected chi connectivity index (χ1v) is 11.5. The highest BCUT2D eigenvalue weighted by Crippen LogP contribution is 2.49. The van der Waals surface area contributed by atoms with Crippen LogP contribution in [0.2, 0.25) is 5.02 Å². The summed E-state index contributed by atoms with van der Waals surface area (Å²) < 4.78 is 3.73. The van der Waals surface area contributed by atoms with Gasteiger partial charge in [0.15, 0.2) is 0 Å². The van der Waals surface area contributed by atoms with Crippen molar-refractivity contribution in [1.29, 1.82) is 5.26 Å². The van der Waals surface area contributed by atoms with E-state index in [1.54, 1.807) is 22.5 Å². The summed E-state index contributed by atoms with van der Waals surface area (Å²) >= 11 is 9.74. The van der Waals surface area contributed by atoms with E-state index in [0.29, 0.717) is 41.2 Å². The van der Waals surface area contributed by atoms with Crippen LogP contribution in [0.4, 0.5) is 10.5 Å². The second-order valence-electron chi connectivity index (χ2n) is 8.33. The standard InChI is InChI=1S/C23H19BrClN5O3/c1-11-7-14(4-5-16(11)24)27-22(32)28-10-15-8-18(28)20-21(31)30(23(33)29(15)20)17-6-3-13(9-26)19(25)12(17)2/h3-7,15,18,31H,8,10H2,1-2H3,(H,27,32)/t15-,18?/m1/s1. The maximum absolute atomic E-state index is 13.3. The summed E-state index contributed by atoms with van der Waals surface area (Å²) in [5, 5.41) is 23.4. The molecule has 1 aromatic heterocycles. The summed E-state index contributed by atoms with van der Waals surface area (Å²) in [7, 11) is 0. The Morgan fingerprint density at radius 1 is 1.30 bits per heavy atom. The molecule has 2 aliphatic heterocycles. The van der Waals surface area contributed by atoms with Gasteiger partial charge in [-0.15, -0.1) is 0 Å². The molecule has 2 bridgehead atoms. The molecule has 5 rings (SSSR count). The Labute approximate surface area is 202 Å². The smallest absolute Gasteiger partial charge is 0.336 e. The van der Waals surface area contributed by atoms with E-state index < -0.39 is 6.04 Å². The lowest BCUT2D eigenvalue weighted by atomic mass is 10.1. The molecule has 168 valence electrons. The Hall–Kier alpha value is -3.22. The number of urea groups is 1. The molecule has 0 saturated carbocycles. The van der Waals surface area contributed by atoms with Crippen LogP contribution in [0, 0.1) is 25.2 Å². The first-order valence-electron chi connectivity index (χ1n) is 10.3. The van der Waals surface area contributed by atoms with Crippen molar-refractivity contribution >= 4 is 39.2 Å². The Balaban J connectivity index is 1.50. The van der Waals surface area contributed by atoms with E-state index in [0.717, 1.165) is 10.0 Å². The average Bonchev–Trinajstić information content (AvgIpc) is 3.45. The molecule has 0 spiro atoms. The molecular weight excluding hydrogens is 510 g/mol. The number of carbonyl (C=O) groups is 1. The molecular formula is C23H19BrClN5O3. The number of hydrogen-bond donors (Lipinski definition) is 2. The lowest BCUT2D eigenvalue weighted by molar-refractivity contribution is 0.198. The third-order valence-electron chi connectivity index (χ3n) is 6.45. The van der Waals surface area contributed by atoms with Gasteiger partial charge in [-0.25, -0.2) is 14.2 Å². The maximum atomic E-state index is 13.3. The minimum atomic E-state index is -0.422. The van der Waals surface area contributed by atoms with E-state index >= 15 is 0 Å². The van der Waals surface area contributed by atoms with Crippen LogP contribution in [0.3, 0.4) is 0 Å². The molecule has 33 heavy (non-hydrogen) atoms. The molecule has 1 saturated heterocycles. The highest BCUT2D eigenvalue weighted by molar-refractivity contribution is 9.10. The number of benzene rings is 2. The number of imidazole rings is 1. The molecule has 0 aliphatic carbocycles. The Bertz CT molecular complexity index is 1440. The highest BCUT2D eigenvalue weighted by atomic mass is 79.9. The number of hydrogen-bond acceptors (Lipinski definition) is 4. The maximum Gasteiger partial charge on any atom is 0.336 e. The number of aromatic hydroxyl groups is 1. The van der Waals surface area contributed by atoms with Crippen molar-refractivity contribution in [1.82, 2.24) is 14.0 Å². The average molecular weight is 529 g/mol. The van der Waals surface area contributed by atoms with Gasteiger partial charge in [0.2, 0.25) is 5.88 Å². The van der Waals surface area contributed by atoms with E-state index in [2.05, 4.69) is 21.2 Å². The number of likely N-dealkylation sites (tertiary alicyclic amines) is 1. The highest BCUT2D eigenvalue weighted by Gasteiger charge is 2.49. The topological polar surface area (TPSA) is 103 Å². The molecule has 1 fully saturated rings. The van der Waals surface area contributed by atoms with Crippen LogP contribution in [0.5, 0.6) is 5.88 Å². The van der Waals surface area contributed by atoms with Crippen molar-refractivity contribution in [2.24, 2.45) is 0 Å². The Morgan fingerprint density at radius 3 is 2.76 bits per heavy atom. The van der Waals surface area contributed by atoms with Crippen molar-refractivity contribution in [2.75, 3.05) is 11.9 Å². The fraction of sp³-hybridized carbons (Fsp3) is 0.261. The van der Waals surface area contributed by atoms with Crippen molar-refractivity contribution < 1.29 is 9.90 Å². The quantitative estimate of drug-likeness (QED) is 0.499. The van der Waals surface area contributed by atoms with E-state index in [1.165, 1.54) is 10.6 Å². The molecule has 3 heterocycles. The largest absolute Gasteiger partial charge is 0.493 e. The van der Waals surface area contributed by atoms with Crippen LogP contribution in [-0.4, -0.2) is 31.7 Å². The first kappa shape index (κ1) is 21.6. The number of rotatable bonds is 2. The number of aromatic nitrogens is 2. The van der Waals surface area contributed by atoms with Gasteiger partial charge in [-0.3, -0.25) is 4.57 Å². The van der Waals surface area contributed by atoms with Crippen LogP contribution in [0.1, 0.15) is 40.9 Å². The number of carbonyl (C=O) groups excluding carboxylic acids is 1. The van der Waals surface area contributed by atoms with Crippen molar-refractivity contribution in [3.63, 3.8) is 0 Å². The van der Waals surface area contributed by atoms with Gasteiger partial charge in [0, 0.05) is 16.7 Å². The van der Waals surface area contributed by atoms with E-state index in [4.69, 9.17) is 11.6 Å². The third-order valence-corrected chi connectivity index (χ3v) is 7.82. The second kappa shape index (κ2) is 7.68. The molecule has 0 radical (unpaired) electrons. The normalized spacial score (nSPS) is 18.3. The van der Waals surface area contributed by atoms with Gasteiger partial charge >= 0.3 is 11.7 Å². The molecule has 2 N–H and O–H groups in total. The zero-order chi connectivity index (χ0) is 23.6. The Morgan fingerprint density at radius 2 is 2.06 bits per heavy atom. The summed E-state index contributed by atoms with van der Waals surface area (Å²) in [5.74, 6) is -0.214. The van der Waals surface area contributed by atoms with Gasteiger partial charge in [-0.05, 0) is 61.7 Å². The predicted molar refractivity (Wildman–Crippen MR) is 127 cm³/mol. The van der Waals surface area contributed by atoms with E-state index in [-0.39, 0.29) is 28.7 Å². The molecule has 2 aliphatic rings. The zero-order valence-corrected chi connectivity index (χ0v) is 20.1. The fourth-order valence-electron chi connectivity index (χ4n) is 4.81. The number of anilines is 1. The molecule has 1 unspecified atom stereocenters. The molecule has 3 aromatic rings. The SMILES string of the molecule is Cc1cc(NC(=O)N2C[C@H]3CC2c2c(O)n(-c4ccc(C#N)c(Cl)c4C)c(=O)n23)ccc1Br.